The van der Waals surface area contributed by atoms with Crippen LogP contribution in [-0.4, -0.2) is 31.9 Å². The van der Waals surface area contributed by atoms with Crippen LogP contribution in [0.1, 0.15) is 11.1 Å². The van der Waals surface area contributed by atoms with Gasteiger partial charge >= 0.3 is 0 Å². The van der Waals surface area contributed by atoms with E-state index in [4.69, 9.17) is 19.9 Å². The summed E-state index contributed by atoms with van der Waals surface area (Å²) in [6, 6.07) is 25.4. The van der Waals surface area contributed by atoms with Gasteiger partial charge in [0.15, 0.2) is 11.5 Å². The number of nitrogens with one attached hydrogen (secondary N) is 1. The molecule has 4 rings (SSSR count). The van der Waals surface area contributed by atoms with Gasteiger partial charge in [-0.25, -0.2) is 0 Å². The lowest BCUT2D eigenvalue weighted by Crippen LogP contribution is -2.30. The minimum atomic E-state index is -0.133. The summed E-state index contributed by atoms with van der Waals surface area (Å²) in [6.45, 7) is 0.383. The van der Waals surface area contributed by atoms with Gasteiger partial charge in [0.05, 0.1) is 25.5 Å². The Labute approximate surface area is 211 Å². The van der Waals surface area contributed by atoms with E-state index in [2.05, 4.69) is 28.5 Å². The molecule has 3 N–H and O–H groups in total. The molecule has 1 aromatic heterocycles. The predicted molar refractivity (Wildman–Crippen MR) is 141 cm³/mol. The Morgan fingerprint density at radius 2 is 1.75 bits per heavy atom. The number of pyridine rings is 1. The van der Waals surface area contributed by atoms with Gasteiger partial charge in [0.2, 0.25) is 0 Å². The van der Waals surface area contributed by atoms with Crippen molar-refractivity contribution in [2.75, 3.05) is 26.1 Å². The molecule has 0 saturated heterocycles. The molecule has 0 radical (unpaired) electrons. The average molecular weight is 481 g/mol. The van der Waals surface area contributed by atoms with E-state index in [0.717, 1.165) is 23.2 Å². The van der Waals surface area contributed by atoms with Gasteiger partial charge in [-0.15, -0.1) is 0 Å². The van der Waals surface area contributed by atoms with Crippen LogP contribution in [0.2, 0.25) is 0 Å². The van der Waals surface area contributed by atoms with E-state index in [1.807, 2.05) is 60.7 Å². The highest BCUT2D eigenvalue weighted by molar-refractivity contribution is 5.85. The van der Waals surface area contributed by atoms with Gasteiger partial charge in [0.25, 0.3) is 0 Å². The summed E-state index contributed by atoms with van der Waals surface area (Å²) >= 11 is 0. The van der Waals surface area contributed by atoms with Crippen molar-refractivity contribution >= 4 is 11.4 Å². The summed E-state index contributed by atoms with van der Waals surface area (Å²) in [5, 5.41) is 13.1. The normalized spacial score (nSPS) is 11.3. The van der Waals surface area contributed by atoms with Crippen molar-refractivity contribution < 1.29 is 14.2 Å². The van der Waals surface area contributed by atoms with Crippen molar-refractivity contribution in [3.63, 3.8) is 0 Å². The molecule has 7 nitrogen and oxygen atoms in total. The largest absolute Gasteiger partial charge is 0.493 e. The van der Waals surface area contributed by atoms with Crippen molar-refractivity contribution in [2.24, 2.45) is 5.73 Å². The summed E-state index contributed by atoms with van der Waals surface area (Å²) in [6.07, 6.45) is 3.99. The van der Waals surface area contributed by atoms with Crippen molar-refractivity contribution in [1.29, 1.82) is 5.26 Å². The van der Waals surface area contributed by atoms with Gasteiger partial charge in [-0.1, -0.05) is 42.5 Å². The number of hydrogen-bond acceptors (Lipinski definition) is 7. The van der Waals surface area contributed by atoms with Crippen molar-refractivity contribution in [3.8, 4) is 34.4 Å². The van der Waals surface area contributed by atoms with Gasteiger partial charge in [-0.3, -0.25) is 4.98 Å². The van der Waals surface area contributed by atoms with Crippen LogP contribution in [0.25, 0.3) is 11.1 Å². The zero-order valence-corrected chi connectivity index (χ0v) is 20.3. The summed E-state index contributed by atoms with van der Waals surface area (Å²) < 4.78 is 16.8. The second-order valence-corrected chi connectivity index (χ2v) is 8.20. The Bertz CT molecular complexity index is 1350. The van der Waals surface area contributed by atoms with E-state index in [1.54, 1.807) is 20.4 Å². The van der Waals surface area contributed by atoms with Crippen LogP contribution in [-0.2, 0) is 6.42 Å². The highest BCUT2D eigenvalue weighted by atomic mass is 16.5. The summed E-state index contributed by atoms with van der Waals surface area (Å²) in [7, 11) is 3.17. The molecule has 1 atom stereocenters. The van der Waals surface area contributed by atoms with E-state index >= 15 is 0 Å². The third kappa shape index (κ3) is 5.93. The number of nitrogens with zero attached hydrogens (tertiary/aromatic N) is 2. The molecule has 0 aliphatic carbocycles. The second kappa shape index (κ2) is 11.7. The molecule has 36 heavy (non-hydrogen) atoms. The Morgan fingerprint density at radius 3 is 2.50 bits per heavy atom. The van der Waals surface area contributed by atoms with Crippen LogP contribution in [0.5, 0.6) is 17.2 Å². The molecule has 182 valence electrons. The molecule has 0 unspecified atom stereocenters. The maximum absolute atomic E-state index is 9.76. The van der Waals surface area contributed by atoms with E-state index in [-0.39, 0.29) is 6.04 Å². The lowest BCUT2D eigenvalue weighted by Gasteiger charge is -2.17. The Morgan fingerprint density at radius 1 is 0.944 bits per heavy atom. The minimum Gasteiger partial charge on any atom is -0.493 e. The van der Waals surface area contributed by atoms with E-state index < -0.39 is 0 Å². The molecular weight excluding hydrogens is 452 g/mol. The molecule has 4 aromatic rings. The maximum atomic E-state index is 9.76. The Hall–Kier alpha value is -4.54. The number of benzene rings is 3. The number of rotatable bonds is 10. The van der Waals surface area contributed by atoms with Crippen molar-refractivity contribution in [3.05, 3.63) is 96.3 Å². The SMILES string of the molecule is COc1ccc(-c2cncc(C#N)c2Nc2cccc(OC[C@@H](N)Cc3ccccc3)c2)cc1OC. The van der Waals surface area contributed by atoms with Crippen molar-refractivity contribution in [2.45, 2.75) is 12.5 Å². The molecule has 0 aliphatic heterocycles. The smallest absolute Gasteiger partial charge is 0.161 e. The lowest BCUT2D eigenvalue weighted by atomic mass is 10.0. The van der Waals surface area contributed by atoms with Crippen LogP contribution < -0.4 is 25.3 Å². The third-order valence-corrected chi connectivity index (χ3v) is 5.67. The first kappa shape index (κ1) is 24.6. The number of hydrogen-bond donors (Lipinski definition) is 2. The quantitative estimate of drug-likeness (QED) is 0.316. The molecule has 3 aromatic carbocycles. The number of nitriles is 1. The van der Waals surface area contributed by atoms with Crippen LogP contribution >= 0.6 is 0 Å². The van der Waals surface area contributed by atoms with Crippen LogP contribution in [0.4, 0.5) is 11.4 Å². The molecule has 0 bridgehead atoms. The lowest BCUT2D eigenvalue weighted by molar-refractivity contribution is 0.288. The second-order valence-electron chi connectivity index (χ2n) is 8.20. The topological polar surface area (TPSA) is 102 Å². The monoisotopic (exact) mass is 480 g/mol. The molecule has 0 spiro atoms. The Balaban J connectivity index is 1.54. The van der Waals surface area contributed by atoms with Crippen molar-refractivity contribution in [1.82, 2.24) is 4.98 Å². The first-order valence-electron chi connectivity index (χ1n) is 11.5. The van der Waals surface area contributed by atoms with Crippen LogP contribution in [0.15, 0.2) is 85.2 Å². The van der Waals surface area contributed by atoms with Crippen LogP contribution in [0.3, 0.4) is 0 Å². The average Bonchev–Trinajstić information content (AvgIpc) is 2.92. The van der Waals surface area contributed by atoms with E-state index in [9.17, 15) is 5.26 Å². The van der Waals surface area contributed by atoms with Crippen LogP contribution in [0, 0.1) is 11.3 Å². The fourth-order valence-electron chi connectivity index (χ4n) is 3.89. The van der Waals surface area contributed by atoms with E-state index in [1.165, 1.54) is 11.8 Å². The molecule has 0 saturated carbocycles. The number of anilines is 2. The third-order valence-electron chi connectivity index (χ3n) is 5.67. The zero-order valence-electron chi connectivity index (χ0n) is 20.3. The first-order valence-corrected chi connectivity index (χ1v) is 11.5. The van der Waals surface area contributed by atoms with Gasteiger partial charge in [0, 0.05) is 35.8 Å². The predicted octanol–water partition coefficient (Wildman–Crippen LogP) is 5.33. The number of nitrogens with two attached hydrogens (primary N) is 1. The molecule has 0 fully saturated rings. The molecule has 0 aliphatic rings. The summed E-state index contributed by atoms with van der Waals surface area (Å²) in [5.74, 6) is 1.89. The summed E-state index contributed by atoms with van der Waals surface area (Å²) in [5.41, 5.74) is 10.9. The fourth-order valence-corrected chi connectivity index (χ4v) is 3.89. The Kier molecular flexibility index (Phi) is 8.01. The highest BCUT2D eigenvalue weighted by Gasteiger charge is 2.15. The number of aromatic nitrogens is 1. The zero-order chi connectivity index (χ0) is 25.3. The van der Waals surface area contributed by atoms with Gasteiger partial charge in [-0.2, -0.15) is 5.26 Å². The number of methoxy groups -OCH3 is 2. The standard InChI is InChI=1S/C29H28N4O3/c1-34-27-12-11-21(14-28(27)35-2)26-18-32-17-22(16-30)29(26)33-24-9-6-10-25(15-24)36-19-23(31)13-20-7-4-3-5-8-20/h3-12,14-15,17-18,23H,13,19,31H2,1-2H3,(H,32,33)/t23-/m0/s1. The number of ether oxygens (including phenoxy) is 3. The summed E-state index contributed by atoms with van der Waals surface area (Å²) in [4.78, 5) is 4.26. The molecule has 7 heteroatoms. The molecule has 0 amide bonds. The molecular formula is C29H28N4O3. The van der Waals surface area contributed by atoms with E-state index in [0.29, 0.717) is 35.1 Å². The minimum absolute atomic E-state index is 0.133. The first-order chi connectivity index (χ1) is 17.6. The highest BCUT2D eigenvalue weighted by Crippen LogP contribution is 2.37. The van der Waals surface area contributed by atoms with Gasteiger partial charge < -0.3 is 25.3 Å². The molecule has 1 heterocycles. The van der Waals surface area contributed by atoms with Gasteiger partial charge in [0.1, 0.15) is 18.4 Å². The maximum Gasteiger partial charge on any atom is 0.161 e. The fraction of sp³-hybridized carbons (Fsp3) is 0.172. The van der Waals surface area contributed by atoms with Gasteiger partial charge in [-0.05, 0) is 41.8 Å².